The van der Waals surface area contributed by atoms with Gasteiger partial charge in [0.2, 0.25) is 0 Å². The Hall–Kier alpha value is -3.22. The molecule has 1 aromatic carbocycles. The number of rotatable bonds is 6. The summed E-state index contributed by atoms with van der Waals surface area (Å²) in [5.41, 5.74) is 1.32. The van der Waals surface area contributed by atoms with Crippen molar-refractivity contribution in [2.45, 2.75) is 46.5 Å². The molecule has 0 bridgehead atoms. The number of H-pyrrole nitrogens is 1. The van der Waals surface area contributed by atoms with E-state index in [0.717, 1.165) is 18.4 Å². The highest BCUT2D eigenvalue weighted by Crippen LogP contribution is 2.22. The molecular formula is C21H24N4O3. The van der Waals surface area contributed by atoms with Gasteiger partial charge >= 0.3 is 5.63 Å². The van der Waals surface area contributed by atoms with Gasteiger partial charge in [0, 0.05) is 17.2 Å². The molecule has 0 aliphatic carbocycles. The van der Waals surface area contributed by atoms with Crippen LogP contribution in [-0.2, 0) is 0 Å². The number of carbonyl (C=O) groups excluding carboxylic acids is 1. The molecule has 3 rings (SSSR count). The molecule has 28 heavy (non-hydrogen) atoms. The van der Waals surface area contributed by atoms with Crippen molar-refractivity contribution in [3.05, 3.63) is 63.5 Å². The third-order valence-electron chi connectivity index (χ3n) is 4.58. The summed E-state index contributed by atoms with van der Waals surface area (Å²) in [6, 6.07) is 8.93. The molecule has 146 valence electrons. The summed E-state index contributed by atoms with van der Waals surface area (Å²) in [4.78, 5) is 29.4. The fraction of sp³-hybridized carbons (Fsp3) is 0.333. The van der Waals surface area contributed by atoms with Gasteiger partial charge in [0.15, 0.2) is 5.82 Å². The van der Waals surface area contributed by atoms with Gasteiger partial charge in [0.05, 0.1) is 0 Å². The quantitative estimate of drug-likeness (QED) is 0.667. The van der Waals surface area contributed by atoms with Crippen molar-refractivity contribution in [3.8, 4) is 11.4 Å². The second-order valence-corrected chi connectivity index (χ2v) is 6.96. The summed E-state index contributed by atoms with van der Waals surface area (Å²) in [7, 11) is 0. The first-order valence-electron chi connectivity index (χ1n) is 9.34. The minimum atomic E-state index is -0.615. The molecule has 1 unspecified atom stereocenters. The second kappa shape index (κ2) is 8.21. The van der Waals surface area contributed by atoms with Gasteiger partial charge in [-0.15, -0.1) is 0 Å². The maximum atomic E-state index is 12.7. The minimum absolute atomic E-state index is 0.0200. The monoisotopic (exact) mass is 380 g/mol. The summed E-state index contributed by atoms with van der Waals surface area (Å²) < 4.78 is 5.42. The topological polar surface area (TPSA) is 101 Å². The fourth-order valence-electron chi connectivity index (χ4n) is 3.13. The average Bonchev–Trinajstić information content (AvgIpc) is 3.08. The maximum absolute atomic E-state index is 12.7. The van der Waals surface area contributed by atoms with Crippen LogP contribution in [0.5, 0.6) is 0 Å². The van der Waals surface area contributed by atoms with Crippen molar-refractivity contribution >= 4 is 11.6 Å². The lowest BCUT2D eigenvalue weighted by molar-refractivity contribution is 0.102. The predicted octanol–water partition coefficient (Wildman–Crippen LogP) is 4.20. The summed E-state index contributed by atoms with van der Waals surface area (Å²) in [5, 5.41) is 9.68. The van der Waals surface area contributed by atoms with Gasteiger partial charge in [-0.3, -0.25) is 9.89 Å². The van der Waals surface area contributed by atoms with Crippen LogP contribution >= 0.6 is 0 Å². The van der Waals surface area contributed by atoms with Crippen LogP contribution in [0.1, 0.15) is 60.1 Å². The third kappa shape index (κ3) is 4.19. The molecule has 0 radical (unpaired) electrons. The number of hydrogen-bond acceptors (Lipinski definition) is 5. The molecule has 1 amide bonds. The molecule has 0 aliphatic rings. The molecule has 2 aromatic heterocycles. The van der Waals surface area contributed by atoms with E-state index in [2.05, 4.69) is 27.4 Å². The lowest BCUT2D eigenvalue weighted by Gasteiger charge is -2.12. The fourth-order valence-corrected chi connectivity index (χ4v) is 3.13. The molecule has 7 heteroatoms. The molecule has 1 atom stereocenters. The lowest BCUT2D eigenvalue weighted by Crippen LogP contribution is -2.23. The average molecular weight is 380 g/mol. The van der Waals surface area contributed by atoms with E-state index in [1.165, 1.54) is 0 Å². The number of nitrogens with zero attached hydrogens (tertiary/aromatic N) is 2. The molecular weight excluding hydrogens is 356 g/mol. The Balaban J connectivity index is 1.85. The van der Waals surface area contributed by atoms with E-state index in [1.807, 2.05) is 19.9 Å². The van der Waals surface area contributed by atoms with Crippen LogP contribution in [0.2, 0.25) is 0 Å². The number of amides is 1. The van der Waals surface area contributed by atoms with E-state index in [0.29, 0.717) is 28.7 Å². The van der Waals surface area contributed by atoms with Crippen molar-refractivity contribution in [2.24, 2.45) is 0 Å². The molecule has 0 spiro atoms. The predicted molar refractivity (Wildman–Crippen MR) is 108 cm³/mol. The number of aromatic amines is 1. The molecule has 7 nitrogen and oxygen atoms in total. The summed E-state index contributed by atoms with van der Waals surface area (Å²) in [6.07, 6.45) is 1.91. The van der Waals surface area contributed by atoms with Gasteiger partial charge in [0.25, 0.3) is 5.91 Å². The van der Waals surface area contributed by atoms with Crippen LogP contribution in [0.25, 0.3) is 11.4 Å². The molecule has 0 saturated carbocycles. The smallest absolute Gasteiger partial charge is 0.349 e. The van der Waals surface area contributed by atoms with Crippen LogP contribution in [0.4, 0.5) is 5.69 Å². The molecule has 0 fully saturated rings. The van der Waals surface area contributed by atoms with Crippen molar-refractivity contribution in [1.82, 2.24) is 15.2 Å². The Morgan fingerprint density at radius 1 is 1.29 bits per heavy atom. The van der Waals surface area contributed by atoms with E-state index in [4.69, 9.17) is 4.42 Å². The highest BCUT2D eigenvalue weighted by atomic mass is 16.4. The van der Waals surface area contributed by atoms with Crippen molar-refractivity contribution in [2.75, 3.05) is 5.32 Å². The van der Waals surface area contributed by atoms with Crippen molar-refractivity contribution in [3.63, 3.8) is 0 Å². The molecule has 0 saturated heterocycles. The zero-order valence-electron chi connectivity index (χ0n) is 16.5. The highest BCUT2D eigenvalue weighted by molar-refractivity contribution is 6.05. The second-order valence-electron chi connectivity index (χ2n) is 6.96. The van der Waals surface area contributed by atoms with Crippen LogP contribution in [0, 0.1) is 13.8 Å². The number of carbonyl (C=O) groups is 1. The van der Waals surface area contributed by atoms with Gasteiger partial charge in [-0.1, -0.05) is 32.4 Å². The first kappa shape index (κ1) is 19.5. The van der Waals surface area contributed by atoms with Gasteiger partial charge in [-0.2, -0.15) is 5.10 Å². The zero-order valence-corrected chi connectivity index (χ0v) is 16.5. The van der Waals surface area contributed by atoms with Crippen LogP contribution in [-0.4, -0.2) is 21.1 Å². The zero-order chi connectivity index (χ0) is 20.3. The molecule has 0 aliphatic heterocycles. The van der Waals surface area contributed by atoms with Crippen molar-refractivity contribution < 1.29 is 9.21 Å². The molecule has 3 aromatic rings. The number of hydrogen-bond donors (Lipinski definition) is 2. The number of anilines is 1. The largest absolute Gasteiger partial charge is 0.427 e. The normalized spacial score (nSPS) is 12.0. The number of nitrogens with one attached hydrogen (secondary N) is 2. The number of benzene rings is 1. The van der Waals surface area contributed by atoms with Gasteiger partial charge in [-0.05, 0) is 44.0 Å². The standard InChI is InChI=1S/C21H24N4O3/c1-5-7-12(2)17-10-13(3)18(21(27)28-17)20(26)23-16-9-6-8-15(11-16)19-22-14(4)24-25-19/h6,8-12H,5,7H2,1-4H3,(H,23,26)(H,22,24,25). The van der Waals surface area contributed by atoms with E-state index in [1.54, 1.807) is 31.2 Å². The van der Waals surface area contributed by atoms with Crippen LogP contribution in [0.3, 0.4) is 0 Å². The first-order valence-corrected chi connectivity index (χ1v) is 9.34. The third-order valence-corrected chi connectivity index (χ3v) is 4.58. The number of aromatic nitrogens is 3. The van der Waals surface area contributed by atoms with E-state index in [-0.39, 0.29) is 11.5 Å². The van der Waals surface area contributed by atoms with E-state index in [9.17, 15) is 9.59 Å². The van der Waals surface area contributed by atoms with Gasteiger partial charge < -0.3 is 9.73 Å². The van der Waals surface area contributed by atoms with Crippen LogP contribution in [0.15, 0.2) is 39.5 Å². The van der Waals surface area contributed by atoms with Crippen molar-refractivity contribution in [1.29, 1.82) is 0 Å². The molecule has 2 N–H and O–H groups in total. The minimum Gasteiger partial charge on any atom is -0.427 e. The highest BCUT2D eigenvalue weighted by Gasteiger charge is 2.19. The lowest BCUT2D eigenvalue weighted by atomic mass is 10.0. The maximum Gasteiger partial charge on any atom is 0.349 e. The Kier molecular flexibility index (Phi) is 5.73. The Labute approximate surface area is 163 Å². The Morgan fingerprint density at radius 2 is 2.07 bits per heavy atom. The van der Waals surface area contributed by atoms with Crippen LogP contribution < -0.4 is 10.9 Å². The summed E-state index contributed by atoms with van der Waals surface area (Å²) in [6.45, 7) is 7.66. The summed E-state index contributed by atoms with van der Waals surface area (Å²) in [5.74, 6) is 1.50. The Bertz CT molecular complexity index is 1050. The first-order chi connectivity index (χ1) is 13.4. The summed E-state index contributed by atoms with van der Waals surface area (Å²) >= 11 is 0. The SMILES string of the molecule is CCCC(C)c1cc(C)c(C(=O)Nc2cccc(-c3n[nH]c(C)n3)c2)c(=O)o1. The molecule has 2 heterocycles. The van der Waals surface area contributed by atoms with Gasteiger partial charge in [-0.25, -0.2) is 9.78 Å². The van der Waals surface area contributed by atoms with Gasteiger partial charge in [0.1, 0.15) is 17.1 Å². The van der Waals surface area contributed by atoms with E-state index >= 15 is 0 Å². The number of aryl methyl sites for hydroxylation is 2. The van der Waals surface area contributed by atoms with E-state index < -0.39 is 11.5 Å². The Morgan fingerprint density at radius 3 is 2.71 bits per heavy atom.